The molecule has 0 fully saturated rings. The average molecular weight is 413 g/mol. The van der Waals surface area contributed by atoms with E-state index in [0.29, 0.717) is 17.1 Å². The van der Waals surface area contributed by atoms with Gasteiger partial charge >= 0.3 is 5.97 Å². The number of allylic oxidation sites excluding steroid dienone is 1. The Hall–Kier alpha value is -4.04. The number of hydrogen-bond acceptors (Lipinski definition) is 5. The maximum atomic E-state index is 12.2. The molecular weight excluding hydrogens is 390 g/mol. The van der Waals surface area contributed by atoms with Crippen LogP contribution in [0.25, 0.3) is 11.6 Å². The SMILES string of the molecule is COc1ccc(/C(C#N)=C\c2cccc(OC(=O)COc3cc(C)ccc3C)c2)cc1. The van der Waals surface area contributed by atoms with Crippen molar-refractivity contribution in [3.63, 3.8) is 0 Å². The van der Waals surface area contributed by atoms with Gasteiger partial charge in [0, 0.05) is 0 Å². The zero-order valence-corrected chi connectivity index (χ0v) is 17.7. The van der Waals surface area contributed by atoms with Gasteiger partial charge in [0.1, 0.15) is 17.2 Å². The minimum atomic E-state index is -0.502. The molecule has 0 atom stereocenters. The molecule has 3 aromatic carbocycles. The molecule has 0 unspecified atom stereocenters. The van der Waals surface area contributed by atoms with Gasteiger partial charge in [-0.1, -0.05) is 24.3 Å². The van der Waals surface area contributed by atoms with E-state index in [2.05, 4.69) is 6.07 Å². The molecule has 0 amide bonds. The molecular formula is C26H23NO4. The predicted octanol–water partition coefficient (Wildman–Crippen LogP) is 5.36. The lowest BCUT2D eigenvalue weighted by atomic mass is 10.0. The zero-order valence-electron chi connectivity index (χ0n) is 17.7. The topological polar surface area (TPSA) is 68.5 Å². The predicted molar refractivity (Wildman–Crippen MR) is 120 cm³/mol. The maximum Gasteiger partial charge on any atom is 0.349 e. The number of rotatable bonds is 7. The number of benzene rings is 3. The number of hydrogen-bond donors (Lipinski definition) is 0. The molecule has 0 bridgehead atoms. The highest BCUT2D eigenvalue weighted by Crippen LogP contribution is 2.23. The lowest BCUT2D eigenvalue weighted by Crippen LogP contribution is -2.18. The number of nitriles is 1. The third kappa shape index (κ3) is 5.97. The molecule has 0 saturated carbocycles. The summed E-state index contributed by atoms with van der Waals surface area (Å²) in [5, 5.41) is 9.55. The van der Waals surface area contributed by atoms with Crippen LogP contribution in [-0.4, -0.2) is 19.7 Å². The number of nitrogens with zero attached hydrogens (tertiary/aromatic N) is 1. The van der Waals surface area contributed by atoms with Crippen LogP contribution in [0.5, 0.6) is 17.2 Å². The molecule has 0 aliphatic carbocycles. The van der Waals surface area contributed by atoms with Gasteiger partial charge in [-0.05, 0) is 84.6 Å². The number of carbonyl (C=O) groups is 1. The fraction of sp³-hybridized carbons (Fsp3) is 0.154. The summed E-state index contributed by atoms with van der Waals surface area (Å²) >= 11 is 0. The van der Waals surface area contributed by atoms with Crippen LogP contribution in [0, 0.1) is 25.2 Å². The molecule has 0 spiro atoms. The summed E-state index contributed by atoms with van der Waals surface area (Å²) in [6.45, 7) is 3.69. The van der Waals surface area contributed by atoms with E-state index in [1.165, 1.54) is 0 Å². The number of ether oxygens (including phenoxy) is 3. The molecule has 0 heterocycles. The molecule has 0 aromatic heterocycles. The van der Waals surface area contributed by atoms with Crippen molar-refractivity contribution in [1.82, 2.24) is 0 Å². The van der Waals surface area contributed by atoms with Crippen molar-refractivity contribution in [2.75, 3.05) is 13.7 Å². The van der Waals surface area contributed by atoms with Crippen molar-refractivity contribution in [2.45, 2.75) is 13.8 Å². The molecule has 3 aromatic rings. The van der Waals surface area contributed by atoms with Crippen molar-refractivity contribution in [2.24, 2.45) is 0 Å². The van der Waals surface area contributed by atoms with Crippen molar-refractivity contribution >= 4 is 17.6 Å². The van der Waals surface area contributed by atoms with Gasteiger partial charge in [-0.25, -0.2) is 4.79 Å². The standard InChI is InChI=1S/C26H23NO4/c1-18-7-8-19(2)25(13-18)30-17-26(28)31-24-6-4-5-20(15-24)14-22(16-27)21-9-11-23(29-3)12-10-21/h4-15H,17H2,1-3H3/b22-14-. The Morgan fingerprint density at radius 3 is 2.48 bits per heavy atom. The first-order valence-corrected chi connectivity index (χ1v) is 9.75. The van der Waals surface area contributed by atoms with E-state index >= 15 is 0 Å². The van der Waals surface area contributed by atoms with E-state index in [1.54, 1.807) is 43.5 Å². The van der Waals surface area contributed by atoms with E-state index in [0.717, 1.165) is 28.0 Å². The Kier molecular flexibility index (Phi) is 7.08. The van der Waals surface area contributed by atoms with E-state index in [4.69, 9.17) is 14.2 Å². The molecule has 31 heavy (non-hydrogen) atoms. The van der Waals surface area contributed by atoms with Crippen LogP contribution in [0.2, 0.25) is 0 Å². The highest BCUT2D eigenvalue weighted by atomic mass is 16.6. The third-order valence-corrected chi connectivity index (χ3v) is 4.61. The van der Waals surface area contributed by atoms with Crippen molar-refractivity contribution in [3.8, 4) is 23.3 Å². The Balaban J connectivity index is 1.68. The molecule has 0 aliphatic heterocycles. The van der Waals surface area contributed by atoms with Gasteiger partial charge in [0.05, 0.1) is 18.8 Å². The van der Waals surface area contributed by atoms with Crippen LogP contribution in [0.4, 0.5) is 0 Å². The second-order valence-electron chi connectivity index (χ2n) is 7.00. The quantitative estimate of drug-likeness (QED) is 0.226. The molecule has 0 aliphatic rings. The zero-order chi connectivity index (χ0) is 22.2. The highest BCUT2D eigenvalue weighted by Gasteiger charge is 2.09. The van der Waals surface area contributed by atoms with Crippen LogP contribution >= 0.6 is 0 Å². The summed E-state index contributed by atoms with van der Waals surface area (Å²) in [5.41, 5.74) is 4.01. The van der Waals surface area contributed by atoms with Gasteiger partial charge in [-0.3, -0.25) is 0 Å². The largest absolute Gasteiger partial charge is 0.497 e. The molecule has 0 saturated heterocycles. The van der Waals surface area contributed by atoms with Crippen LogP contribution in [0.3, 0.4) is 0 Å². The summed E-state index contributed by atoms with van der Waals surface area (Å²) in [7, 11) is 1.59. The van der Waals surface area contributed by atoms with E-state index < -0.39 is 5.97 Å². The van der Waals surface area contributed by atoms with Gasteiger partial charge < -0.3 is 14.2 Å². The Labute approximate surface area is 182 Å². The van der Waals surface area contributed by atoms with E-state index in [-0.39, 0.29) is 6.61 Å². The van der Waals surface area contributed by atoms with Crippen LogP contribution < -0.4 is 14.2 Å². The summed E-state index contributed by atoms with van der Waals surface area (Å²) in [5.74, 6) is 1.26. The van der Waals surface area contributed by atoms with Crippen molar-refractivity contribution in [3.05, 3.63) is 89.0 Å². The summed E-state index contributed by atoms with van der Waals surface area (Å²) in [6, 6.07) is 22.3. The molecule has 3 rings (SSSR count). The normalized spacial score (nSPS) is 10.8. The smallest absolute Gasteiger partial charge is 0.349 e. The first kappa shape index (κ1) is 21.7. The van der Waals surface area contributed by atoms with Gasteiger partial charge in [0.2, 0.25) is 0 Å². The number of methoxy groups -OCH3 is 1. The Bertz CT molecular complexity index is 1140. The summed E-state index contributed by atoms with van der Waals surface area (Å²) in [4.78, 5) is 12.2. The molecule has 5 heteroatoms. The molecule has 156 valence electrons. The summed E-state index contributed by atoms with van der Waals surface area (Å²) < 4.78 is 16.2. The van der Waals surface area contributed by atoms with Crippen molar-refractivity contribution < 1.29 is 19.0 Å². The Morgan fingerprint density at radius 1 is 1.00 bits per heavy atom. The Morgan fingerprint density at radius 2 is 1.77 bits per heavy atom. The molecule has 0 N–H and O–H groups in total. The first-order chi connectivity index (χ1) is 15.0. The van der Waals surface area contributed by atoms with Crippen LogP contribution in [-0.2, 0) is 4.79 Å². The monoisotopic (exact) mass is 413 g/mol. The number of aryl methyl sites for hydroxylation is 2. The van der Waals surface area contributed by atoms with Gasteiger partial charge in [0.25, 0.3) is 0 Å². The van der Waals surface area contributed by atoms with Gasteiger partial charge in [-0.15, -0.1) is 0 Å². The molecule has 5 nitrogen and oxygen atoms in total. The lowest BCUT2D eigenvalue weighted by Gasteiger charge is -2.10. The van der Waals surface area contributed by atoms with Crippen molar-refractivity contribution in [1.29, 1.82) is 5.26 Å². The average Bonchev–Trinajstić information content (AvgIpc) is 2.78. The second-order valence-corrected chi connectivity index (χ2v) is 7.00. The second kappa shape index (κ2) is 10.1. The fourth-order valence-corrected chi connectivity index (χ4v) is 2.95. The maximum absolute atomic E-state index is 12.2. The van der Waals surface area contributed by atoms with Crippen LogP contribution in [0.1, 0.15) is 22.3 Å². The first-order valence-electron chi connectivity index (χ1n) is 9.75. The van der Waals surface area contributed by atoms with E-state index in [9.17, 15) is 10.1 Å². The van der Waals surface area contributed by atoms with Gasteiger partial charge in [0.15, 0.2) is 6.61 Å². The van der Waals surface area contributed by atoms with E-state index in [1.807, 2.05) is 50.2 Å². The highest BCUT2D eigenvalue weighted by molar-refractivity contribution is 5.90. The lowest BCUT2D eigenvalue weighted by molar-refractivity contribution is -0.136. The third-order valence-electron chi connectivity index (χ3n) is 4.61. The minimum absolute atomic E-state index is 0.195. The minimum Gasteiger partial charge on any atom is -0.497 e. The number of esters is 1. The summed E-state index contributed by atoms with van der Waals surface area (Å²) in [6.07, 6.45) is 1.74. The van der Waals surface area contributed by atoms with Gasteiger partial charge in [-0.2, -0.15) is 5.26 Å². The number of carbonyl (C=O) groups excluding carboxylic acids is 1. The van der Waals surface area contributed by atoms with Crippen LogP contribution in [0.15, 0.2) is 66.7 Å². The molecule has 0 radical (unpaired) electrons. The fourth-order valence-electron chi connectivity index (χ4n) is 2.95.